The van der Waals surface area contributed by atoms with E-state index in [0.29, 0.717) is 0 Å². The molecular formula is C49H31NS. The zero-order chi connectivity index (χ0) is 33.5. The Balaban J connectivity index is 1.21. The lowest BCUT2D eigenvalue weighted by Gasteiger charge is -2.32. The monoisotopic (exact) mass is 665 g/mol. The Morgan fingerprint density at radius 2 is 1.06 bits per heavy atom. The summed E-state index contributed by atoms with van der Waals surface area (Å²) >= 11 is 1.93. The number of benzene rings is 8. The highest BCUT2D eigenvalue weighted by atomic mass is 32.1. The minimum atomic E-state index is -0.417. The molecule has 0 bridgehead atoms. The average Bonchev–Trinajstić information content (AvgIpc) is 3.83. The van der Waals surface area contributed by atoms with Crippen LogP contribution < -0.4 is 4.90 Å². The van der Waals surface area contributed by atoms with Crippen LogP contribution in [0, 0.1) is 0 Å². The summed E-state index contributed by atoms with van der Waals surface area (Å²) in [4.78, 5) is 3.87. The van der Waals surface area contributed by atoms with Gasteiger partial charge in [-0.25, -0.2) is 0 Å². The van der Waals surface area contributed by atoms with Crippen LogP contribution in [0.25, 0.3) is 53.6 Å². The molecule has 2 heteroatoms. The quantitative estimate of drug-likeness (QED) is 0.181. The predicted molar refractivity (Wildman–Crippen MR) is 216 cm³/mol. The Morgan fingerprint density at radius 3 is 1.90 bits per heavy atom. The van der Waals surface area contributed by atoms with E-state index in [1.165, 1.54) is 81.5 Å². The highest BCUT2D eigenvalue weighted by molar-refractivity contribution is 7.22. The lowest BCUT2D eigenvalue weighted by atomic mass is 9.70. The van der Waals surface area contributed by atoms with Gasteiger partial charge in [0.2, 0.25) is 0 Å². The molecule has 0 fully saturated rings. The van der Waals surface area contributed by atoms with Crippen LogP contribution in [0.15, 0.2) is 188 Å². The summed E-state index contributed by atoms with van der Waals surface area (Å²) in [6.07, 6.45) is 0. The van der Waals surface area contributed by atoms with E-state index < -0.39 is 5.41 Å². The normalized spacial score (nSPS) is 15.1. The maximum atomic E-state index is 2.48. The van der Waals surface area contributed by atoms with Crippen molar-refractivity contribution in [2.24, 2.45) is 0 Å². The summed E-state index contributed by atoms with van der Waals surface area (Å²) < 4.78 is 1.34. The summed E-state index contributed by atoms with van der Waals surface area (Å²) in [7, 11) is 0. The number of anilines is 3. The van der Waals surface area contributed by atoms with Crippen molar-refractivity contribution in [2.75, 3.05) is 4.90 Å². The van der Waals surface area contributed by atoms with E-state index in [2.05, 4.69) is 193 Å². The van der Waals surface area contributed by atoms with E-state index in [9.17, 15) is 0 Å². The first-order valence-corrected chi connectivity index (χ1v) is 18.4. The second-order valence-corrected chi connectivity index (χ2v) is 14.7. The Kier molecular flexibility index (Phi) is 6.11. The van der Waals surface area contributed by atoms with Gasteiger partial charge in [-0.15, -0.1) is 11.3 Å². The molecule has 0 amide bonds. The number of thiophene rings is 1. The number of nitrogens with zero attached hydrogens (tertiary/aromatic N) is 1. The van der Waals surface area contributed by atoms with Crippen molar-refractivity contribution >= 4 is 49.3 Å². The van der Waals surface area contributed by atoms with Gasteiger partial charge in [0.05, 0.1) is 11.1 Å². The van der Waals surface area contributed by atoms with Crippen molar-refractivity contribution in [2.45, 2.75) is 5.41 Å². The summed E-state index contributed by atoms with van der Waals surface area (Å²) in [5.41, 5.74) is 14.9. The van der Waals surface area contributed by atoms with Crippen LogP contribution in [0.4, 0.5) is 17.1 Å². The van der Waals surface area contributed by atoms with E-state index >= 15 is 0 Å². The highest BCUT2D eigenvalue weighted by Gasteiger charge is 2.54. The van der Waals surface area contributed by atoms with Gasteiger partial charge in [0.25, 0.3) is 0 Å². The molecule has 1 atom stereocenters. The molecule has 1 nitrogen and oxygen atoms in total. The van der Waals surface area contributed by atoms with Gasteiger partial charge in [-0.3, -0.25) is 0 Å². The molecule has 0 saturated carbocycles. The van der Waals surface area contributed by atoms with Gasteiger partial charge >= 0.3 is 0 Å². The van der Waals surface area contributed by atoms with Crippen LogP contribution in [0.5, 0.6) is 0 Å². The van der Waals surface area contributed by atoms with Crippen LogP contribution in [0.1, 0.15) is 22.3 Å². The van der Waals surface area contributed by atoms with Crippen molar-refractivity contribution in [1.82, 2.24) is 0 Å². The van der Waals surface area contributed by atoms with Crippen LogP contribution in [-0.2, 0) is 5.41 Å². The molecule has 0 aliphatic heterocycles. The Labute approximate surface area is 301 Å². The standard InChI is InChI=1S/C49H31NS/c1-2-13-32(14-3-1)34-25-28-36(29-26-34)50(37-30-27-33-15-4-5-16-35(33)31-37)44-23-12-22-43-46(44)38-17-6-9-20-41(38)49(43)42-21-10-7-18-39(42)48-47(49)40-19-8-11-24-45(40)51-48/h1-31H. The minimum absolute atomic E-state index is 0.417. The van der Waals surface area contributed by atoms with Crippen LogP contribution >= 0.6 is 11.3 Å². The molecule has 51 heavy (non-hydrogen) atoms. The Hall–Kier alpha value is -6.22. The molecule has 1 aromatic heterocycles. The van der Waals surface area contributed by atoms with Crippen LogP contribution in [0.3, 0.4) is 0 Å². The lowest BCUT2D eigenvalue weighted by Crippen LogP contribution is -2.26. The maximum absolute atomic E-state index is 2.48. The fourth-order valence-electron chi connectivity index (χ4n) is 8.98. The highest BCUT2D eigenvalue weighted by Crippen LogP contribution is 2.67. The van der Waals surface area contributed by atoms with E-state index in [-0.39, 0.29) is 0 Å². The summed E-state index contributed by atoms with van der Waals surface area (Å²) in [6, 6.07) is 69.5. The Morgan fingerprint density at radius 1 is 0.431 bits per heavy atom. The summed E-state index contributed by atoms with van der Waals surface area (Å²) in [5, 5.41) is 3.82. The van der Waals surface area contributed by atoms with Gasteiger partial charge in [-0.05, 0) is 97.1 Å². The van der Waals surface area contributed by atoms with Gasteiger partial charge < -0.3 is 4.90 Å². The summed E-state index contributed by atoms with van der Waals surface area (Å²) in [5.74, 6) is 0. The van der Waals surface area contributed by atoms with Crippen LogP contribution in [-0.4, -0.2) is 0 Å². The molecule has 8 aromatic carbocycles. The van der Waals surface area contributed by atoms with E-state index in [0.717, 1.165) is 11.4 Å². The molecule has 2 aliphatic rings. The minimum Gasteiger partial charge on any atom is -0.310 e. The zero-order valence-electron chi connectivity index (χ0n) is 27.8. The number of rotatable bonds is 4. The predicted octanol–water partition coefficient (Wildman–Crippen LogP) is 13.5. The molecule has 9 aromatic rings. The first kappa shape index (κ1) is 28.6. The lowest BCUT2D eigenvalue weighted by molar-refractivity contribution is 0.802. The molecule has 11 rings (SSSR count). The van der Waals surface area contributed by atoms with Crippen LogP contribution in [0.2, 0.25) is 0 Å². The van der Waals surface area contributed by atoms with Gasteiger partial charge in [-0.1, -0.05) is 152 Å². The SMILES string of the molecule is c1ccc(-c2ccc(N(c3ccc4ccccc4c3)c3cccc4c3-c3ccccc3C43c4ccccc4-c4sc5ccccc5c43)cc2)cc1. The molecule has 0 radical (unpaired) electrons. The first-order valence-electron chi connectivity index (χ1n) is 17.6. The summed E-state index contributed by atoms with van der Waals surface area (Å²) in [6.45, 7) is 0. The fraction of sp³-hybridized carbons (Fsp3) is 0.0204. The van der Waals surface area contributed by atoms with Crippen molar-refractivity contribution in [3.63, 3.8) is 0 Å². The second kappa shape index (κ2) is 10.9. The molecule has 1 spiro atoms. The number of hydrogen-bond acceptors (Lipinski definition) is 2. The molecule has 0 N–H and O–H groups in total. The molecule has 2 aliphatic carbocycles. The largest absolute Gasteiger partial charge is 0.310 e. The van der Waals surface area contributed by atoms with E-state index in [4.69, 9.17) is 0 Å². The number of hydrogen-bond donors (Lipinski definition) is 0. The van der Waals surface area contributed by atoms with Crippen molar-refractivity contribution in [3.05, 3.63) is 210 Å². The first-order chi connectivity index (χ1) is 25.3. The van der Waals surface area contributed by atoms with Gasteiger partial charge in [0, 0.05) is 26.5 Å². The van der Waals surface area contributed by atoms with Crippen molar-refractivity contribution < 1.29 is 0 Å². The zero-order valence-corrected chi connectivity index (χ0v) is 28.6. The van der Waals surface area contributed by atoms with E-state index in [1.54, 1.807) is 0 Å². The third kappa shape index (κ3) is 3.97. The van der Waals surface area contributed by atoms with Gasteiger partial charge in [0.1, 0.15) is 0 Å². The Bertz CT molecular complexity index is 2810. The molecule has 1 unspecified atom stereocenters. The maximum Gasteiger partial charge on any atom is 0.0740 e. The van der Waals surface area contributed by atoms with E-state index in [1.807, 2.05) is 11.3 Å². The van der Waals surface area contributed by atoms with Crippen molar-refractivity contribution in [1.29, 1.82) is 0 Å². The molecule has 0 saturated heterocycles. The molecule has 1 heterocycles. The van der Waals surface area contributed by atoms with Gasteiger partial charge in [0.15, 0.2) is 0 Å². The number of fused-ring (bicyclic) bond motifs is 13. The molecule has 238 valence electrons. The average molecular weight is 666 g/mol. The molecular weight excluding hydrogens is 635 g/mol. The topological polar surface area (TPSA) is 3.24 Å². The fourth-order valence-corrected chi connectivity index (χ4v) is 10.3. The van der Waals surface area contributed by atoms with Crippen molar-refractivity contribution in [3.8, 4) is 32.7 Å². The second-order valence-electron chi connectivity index (χ2n) is 13.6. The third-order valence-electron chi connectivity index (χ3n) is 11.1. The van der Waals surface area contributed by atoms with Gasteiger partial charge in [-0.2, -0.15) is 0 Å². The smallest absolute Gasteiger partial charge is 0.0740 e. The third-order valence-corrected chi connectivity index (χ3v) is 12.3.